The lowest BCUT2D eigenvalue weighted by Gasteiger charge is -2.05. The molecule has 0 aliphatic carbocycles. The molecule has 17 heavy (non-hydrogen) atoms. The minimum atomic E-state index is -0.705. The number of primary amides is 1. The molecule has 3 N–H and O–H groups in total. The summed E-state index contributed by atoms with van der Waals surface area (Å²) in [6, 6.07) is 0. The van der Waals surface area contributed by atoms with Crippen molar-refractivity contribution in [2.24, 2.45) is 5.73 Å². The van der Waals surface area contributed by atoms with Gasteiger partial charge in [-0.05, 0) is 6.26 Å². The Hall–Kier alpha value is -1.38. The lowest BCUT2D eigenvalue weighted by molar-refractivity contribution is -0.124. The van der Waals surface area contributed by atoms with Gasteiger partial charge in [0.25, 0.3) is 5.91 Å². The van der Waals surface area contributed by atoms with Gasteiger partial charge in [0.1, 0.15) is 0 Å². The number of nitrogens with zero attached hydrogens (tertiary/aromatic N) is 2. The predicted molar refractivity (Wildman–Crippen MR) is 61.4 cm³/mol. The zero-order chi connectivity index (χ0) is 12.8. The van der Waals surface area contributed by atoms with E-state index in [9.17, 15) is 9.59 Å². The summed E-state index contributed by atoms with van der Waals surface area (Å²) >= 11 is 7.01. The molecule has 0 aromatic carbocycles. The molecule has 0 radical (unpaired) electrons. The van der Waals surface area contributed by atoms with E-state index in [0.29, 0.717) is 5.16 Å². The SMILES string of the molecule is CSc1ncc(Cl)c(C(=O)NOCC(N)=O)n1. The van der Waals surface area contributed by atoms with Crippen LogP contribution in [-0.2, 0) is 9.63 Å². The molecule has 1 aromatic heterocycles. The minimum absolute atomic E-state index is 0.0320. The van der Waals surface area contributed by atoms with Crippen LogP contribution in [0.25, 0.3) is 0 Å². The summed E-state index contributed by atoms with van der Waals surface area (Å²) in [4.78, 5) is 34.2. The standard InChI is InChI=1S/C8H9ClN4O3S/c1-17-8-11-2-4(9)6(12-8)7(15)13-16-3-5(10)14/h2H,3H2,1H3,(H2,10,14)(H,13,15). The monoisotopic (exact) mass is 276 g/mol. The summed E-state index contributed by atoms with van der Waals surface area (Å²) in [5.41, 5.74) is 6.79. The average molecular weight is 277 g/mol. The smallest absolute Gasteiger partial charge is 0.295 e. The van der Waals surface area contributed by atoms with Gasteiger partial charge in [-0.3, -0.25) is 14.4 Å². The maximum Gasteiger partial charge on any atom is 0.295 e. The second-order valence-electron chi connectivity index (χ2n) is 2.74. The van der Waals surface area contributed by atoms with E-state index in [4.69, 9.17) is 17.3 Å². The van der Waals surface area contributed by atoms with Crippen LogP contribution in [0, 0.1) is 0 Å². The molecule has 1 aromatic rings. The molecule has 0 aliphatic heterocycles. The van der Waals surface area contributed by atoms with Crippen molar-refractivity contribution in [2.75, 3.05) is 12.9 Å². The Morgan fingerprint density at radius 3 is 2.94 bits per heavy atom. The molecule has 0 bridgehead atoms. The number of carbonyl (C=O) groups excluding carboxylic acids is 2. The number of amides is 2. The normalized spacial score (nSPS) is 10.0. The fraction of sp³-hybridized carbons (Fsp3) is 0.250. The third kappa shape index (κ3) is 4.17. The van der Waals surface area contributed by atoms with Crippen molar-refractivity contribution in [2.45, 2.75) is 5.16 Å². The van der Waals surface area contributed by atoms with Crippen molar-refractivity contribution < 1.29 is 14.4 Å². The highest BCUT2D eigenvalue weighted by molar-refractivity contribution is 7.98. The van der Waals surface area contributed by atoms with E-state index in [0.717, 1.165) is 0 Å². The number of thioether (sulfide) groups is 1. The average Bonchev–Trinajstić information content (AvgIpc) is 2.29. The number of carbonyl (C=O) groups is 2. The van der Waals surface area contributed by atoms with Crippen LogP contribution in [0.1, 0.15) is 10.5 Å². The molecule has 0 spiro atoms. The molecule has 0 unspecified atom stereocenters. The van der Waals surface area contributed by atoms with Crippen molar-refractivity contribution in [3.05, 3.63) is 16.9 Å². The van der Waals surface area contributed by atoms with Gasteiger partial charge in [0, 0.05) is 0 Å². The third-order valence-corrected chi connectivity index (χ3v) is 2.34. The van der Waals surface area contributed by atoms with Crippen molar-refractivity contribution in [3.63, 3.8) is 0 Å². The lowest BCUT2D eigenvalue weighted by Crippen LogP contribution is -2.30. The highest BCUT2D eigenvalue weighted by atomic mass is 35.5. The Kier molecular flexibility index (Phi) is 5.13. The van der Waals surface area contributed by atoms with Gasteiger partial charge in [0.2, 0.25) is 5.91 Å². The molecule has 0 saturated heterocycles. The van der Waals surface area contributed by atoms with Crippen molar-refractivity contribution in [1.82, 2.24) is 15.4 Å². The van der Waals surface area contributed by atoms with Gasteiger partial charge in [-0.25, -0.2) is 15.4 Å². The van der Waals surface area contributed by atoms with Crippen LogP contribution < -0.4 is 11.2 Å². The number of halogens is 1. The number of hydrogen-bond acceptors (Lipinski definition) is 6. The van der Waals surface area contributed by atoms with Gasteiger partial charge < -0.3 is 5.73 Å². The van der Waals surface area contributed by atoms with Crippen molar-refractivity contribution >= 4 is 35.2 Å². The fourth-order valence-corrected chi connectivity index (χ4v) is 1.35. The Morgan fingerprint density at radius 2 is 2.35 bits per heavy atom. The van der Waals surface area contributed by atoms with Crippen LogP contribution in [-0.4, -0.2) is 34.6 Å². The second-order valence-corrected chi connectivity index (χ2v) is 3.92. The molecule has 0 saturated carbocycles. The van der Waals surface area contributed by atoms with E-state index >= 15 is 0 Å². The number of aromatic nitrogens is 2. The molecular weight excluding hydrogens is 268 g/mol. The summed E-state index contributed by atoms with van der Waals surface area (Å²) in [5.74, 6) is -1.38. The first kappa shape index (κ1) is 13.7. The summed E-state index contributed by atoms with van der Waals surface area (Å²) in [6.45, 7) is -0.427. The molecule has 92 valence electrons. The van der Waals surface area contributed by atoms with E-state index in [1.807, 2.05) is 5.48 Å². The molecule has 9 heteroatoms. The van der Waals surface area contributed by atoms with E-state index in [2.05, 4.69) is 14.8 Å². The largest absolute Gasteiger partial charge is 0.368 e. The number of nitrogens with two attached hydrogens (primary N) is 1. The Labute approximate surface area is 106 Å². The Balaban J connectivity index is 2.70. The van der Waals surface area contributed by atoms with Crippen LogP contribution in [0.4, 0.5) is 0 Å². The van der Waals surface area contributed by atoms with E-state index in [1.54, 1.807) is 6.26 Å². The van der Waals surface area contributed by atoms with Crippen LogP contribution >= 0.6 is 23.4 Å². The molecule has 0 aliphatic rings. The first-order valence-electron chi connectivity index (χ1n) is 4.31. The maximum atomic E-state index is 11.5. The summed E-state index contributed by atoms with van der Waals surface area (Å²) in [7, 11) is 0. The Bertz CT molecular complexity index is 443. The minimum Gasteiger partial charge on any atom is -0.368 e. The summed E-state index contributed by atoms with van der Waals surface area (Å²) in [5, 5.41) is 0.484. The first-order chi connectivity index (χ1) is 8.04. The molecule has 0 atom stereocenters. The van der Waals surface area contributed by atoms with Crippen molar-refractivity contribution in [3.8, 4) is 0 Å². The maximum absolute atomic E-state index is 11.5. The number of rotatable bonds is 5. The van der Waals surface area contributed by atoms with Gasteiger partial charge in [0.15, 0.2) is 17.5 Å². The summed E-state index contributed by atoms with van der Waals surface area (Å²) in [6.07, 6.45) is 3.07. The highest BCUT2D eigenvalue weighted by Crippen LogP contribution is 2.16. The number of hydrogen-bond donors (Lipinski definition) is 2. The zero-order valence-electron chi connectivity index (χ0n) is 8.77. The number of hydroxylamine groups is 1. The van der Waals surface area contributed by atoms with E-state index < -0.39 is 18.4 Å². The van der Waals surface area contributed by atoms with Crippen LogP contribution in [0.2, 0.25) is 5.02 Å². The van der Waals surface area contributed by atoms with Gasteiger partial charge in [0.05, 0.1) is 11.2 Å². The van der Waals surface area contributed by atoms with Gasteiger partial charge in [-0.15, -0.1) is 0 Å². The molecule has 1 heterocycles. The molecule has 1 rings (SSSR count). The molecular formula is C8H9ClN4O3S. The highest BCUT2D eigenvalue weighted by Gasteiger charge is 2.14. The lowest BCUT2D eigenvalue weighted by atomic mass is 10.4. The molecule has 2 amide bonds. The van der Waals surface area contributed by atoms with E-state index in [1.165, 1.54) is 18.0 Å². The topological polar surface area (TPSA) is 107 Å². The summed E-state index contributed by atoms with van der Waals surface area (Å²) < 4.78 is 0. The van der Waals surface area contributed by atoms with E-state index in [-0.39, 0.29) is 10.7 Å². The number of nitrogens with one attached hydrogen (secondary N) is 1. The Morgan fingerprint density at radius 1 is 1.65 bits per heavy atom. The van der Waals surface area contributed by atoms with Crippen LogP contribution in [0.5, 0.6) is 0 Å². The van der Waals surface area contributed by atoms with Gasteiger partial charge >= 0.3 is 0 Å². The quantitative estimate of drug-likeness (QED) is 0.445. The first-order valence-corrected chi connectivity index (χ1v) is 5.92. The van der Waals surface area contributed by atoms with Gasteiger partial charge in [-0.2, -0.15) is 0 Å². The van der Waals surface area contributed by atoms with Crippen LogP contribution in [0.3, 0.4) is 0 Å². The molecule has 7 nitrogen and oxygen atoms in total. The molecule has 0 fully saturated rings. The predicted octanol–water partition coefficient (Wildman–Crippen LogP) is -0.00140. The zero-order valence-corrected chi connectivity index (χ0v) is 10.3. The fourth-order valence-electron chi connectivity index (χ4n) is 0.830. The van der Waals surface area contributed by atoms with Gasteiger partial charge in [-0.1, -0.05) is 23.4 Å². The van der Waals surface area contributed by atoms with Crippen molar-refractivity contribution in [1.29, 1.82) is 0 Å². The third-order valence-electron chi connectivity index (χ3n) is 1.50. The van der Waals surface area contributed by atoms with Crippen LogP contribution in [0.15, 0.2) is 11.4 Å². The second kappa shape index (κ2) is 6.38.